The summed E-state index contributed by atoms with van der Waals surface area (Å²) < 4.78 is 15.4. The number of fused-ring (bicyclic) bond motifs is 1. The summed E-state index contributed by atoms with van der Waals surface area (Å²) in [5, 5.41) is 15.2. The molecule has 0 aliphatic heterocycles. The van der Waals surface area contributed by atoms with E-state index in [1.807, 2.05) is 6.92 Å². The molecule has 0 bridgehead atoms. The molecule has 0 saturated heterocycles. The predicted molar refractivity (Wildman–Crippen MR) is 96.4 cm³/mol. The van der Waals surface area contributed by atoms with Crippen LogP contribution in [0.3, 0.4) is 0 Å². The molecule has 0 spiro atoms. The van der Waals surface area contributed by atoms with E-state index >= 15 is 0 Å². The third-order valence-electron chi connectivity index (χ3n) is 3.69. The van der Waals surface area contributed by atoms with Crippen LogP contribution >= 0.6 is 11.3 Å². The Labute approximate surface area is 155 Å². The number of benzene rings is 1. The van der Waals surface area contributed by atoms with Crippen LogP contribution in [0.4, 0.5) is 9.52 Å². The molecule has 9 nitrogen and oxygen atoms in total. The molecule has 3 aromatic heterocycles. The fourth-order valence-corrected chi connectivity index (χ4v) is 3.13. The first kappa shape index (κ1) is 17.0. The maximum Gasteiger partial charge on any atom is 0.281 e. The zero-order valence-corrected chi connectivity index (χ0v) is 14.8. The molecule has 0 radical (unpaired) electrons. The molecule has 4 aromatic rings. The molecule has 0 aliphatic carbocycles. The van der Waals surface area contributed by atoms with Crippen LogP contribution in [-0.2, 0) is 11.3 Å². The predicted octanol–water partition coefficient (Wildman–Crippen LogP) is 1.52. The Kier molecular flexibility index (Phi) is 4.20. The van der Waals surface area contributed by atoms with Crippen molar-refractivity contribution in [2.75, 3.05) is 5.32 Å². The Morgan fingerprint density at radius 3 is 2.74 bits per heavy atom. The zero-order chi connectivity index (χ0) is 19.0. The van der Waals surface area contributed by atoms with Gasteiger partial charge in [0.2, 0.25) is 5.91 Å². The molecule has 0 atom stereocenters. The number of nitrogens with one attached hydrogen (secondary N) is 1. The summed E-state index contributed by atoms with van der Waals surface area (Å²) in [5.74, 6) is -0.823. The summed E-state index contributed by atoms with van der Waals surface area (Å²) in [4.78, 5) is 29.7. The van der Waals surface area contributed by atoms with Crippen LogP contribution in [0, 0.1) is 12.7 Å². The highest BCUT2D eigenvalue weighted by Gasteiger charge is 2.15. The number of thiazole rings is 1. The van der Waals surface area contributed by atoms with Crippen molar-refractivity contribution in [3.8, 4) is 5.69 Å². The molecule has 3 heterocycles. The number of hydrogen-bond acceptors (Lipinski definition) is 7. The van der Waals surface area contributed by atoms with Gasteiger partial charge in [-0.25, -0.2) is 18.7 Å². The molecule has 136 valence electrons. The lowest BCUT2D eigenvalue weighted by atomic mass is 10.3. The minimum Gasteiger partial charge on any atom is -0.300 e. The van der Waals surface area contributed by atoms with Crippen LogP contribution in [0.25, 0.3) is 16.7 Å². The van der Waals surface area contributed by atoms with Crippen molar-refractivity contribution >= 4 is 33.4 Å². The van der Waals surface area contributed by atoms with E-state index in [1.165, 1.54) is 46.5 Å². The second-order valence-electron chi connectivity index (χ2n) is 5.65. The van der Waals surface area contributed by atoms with E-state index in [9.17, 15) is 14.0 Å². The third-order valence-corrected chi connectivity index (χ3v) is 4.52. The molecule has 0 unspecified atom stereocenters. The zero-order valence-electron chi connectivity index (χ0n) is 14.0. The highest BCUT2D eigenvalue weighted by molar-refractivity contribution is 7.15. The number of anilines is 1. The largest absolute Gasteiger partial charge is 0.300 e. The highest BCUT2D eigenvalue weighted by Crippen LogP contribution is 2.16. The van der Waals surface area contributed by atoms with Gasteiger partial charge in [-0.3, -0.25) is 9.59 Å². The number of halogens is 1. The number of hydrogen-bond donors (Lipinski definition) is 1. The lowest BCUT2D eigenvalue weighted by molar-refractivity contribution is -0.117. The lowest BCUT2D eigenvalue weighted by Gasteiger charge is -2.05. The van der Waals surface area contributed by atoms with E-state index in [2.05, 4.69) is 25.7 Å². The van der Waals surface area contributed by atoms with Crippen LogP contribution in [0.2, 0.25) is 0 Å². The Bertz CT molecular complexity index is 1200. The number of carbonyl (C=O) groups excluding carboxylic acids is 1. The van der Waals surface area contributed by atoms with Gasteiger partial charge in [0.1, 0.15) is 17.7 Å². The van der Waals surface area contributed by atoms with Crippen molar-refractivity contribution < 1.29 is 9.18 Å². The van der Waals surface area contributed by atoms with Gasteiger partial charge in [-0.05, 0) is 31.2 Å². The van der Waals surface area contributed by atoms with Crippen molar-refractivity contribution in [1.29, 1.82) is 0 Å². The van der Waals surface area contributed by atoms with Gasteiger partial charge in [0.15, 0.2) is 10.8 Å². The normalized spacial score (nSPS) is 11.0. The van der Waals surface area contributed by atoms with Gasteiger partial charge >= 0.3 is 0 Å². The van der Waals surface area contributed by atoms with E-state index in [1.54, 1.807) is 6.20 Å². The smallest absolute Gasteiger partial charge is 0.281 e. The number of amides is 1. The molecule has 1 amide bonds. The van der Waals surface area contributed by atoms with Gasteiger partial charge in [0, 0.05) is 11.1 Å². The first-order valence-corrected chi connectivity index (χ1v) is 8.62. The van der Waals surface area contributed by atoms with E-state index in [0.717, 1.165) is 9.56 Å². The maximum atomic E-state index is 13.1. The van der Waals surface area contributed by atoms with Crippen LogP contribution < -0.4 is 10.9 Å². The third kappa shape index (κ3) is 3.31. The van der Waals surface area contributed by atoms with Gasteiger partial charge < -0.3 is 5.32 Å². The van der Waals surface area contributed by atoms with Crippen molar-refractivity contribution in [1.82, 2.24) is 29.8 Å². The van der Waals surface area contributed by atoms with Gasteiger partial charge in [0.25, 0.3) is 5.56 Å². The summed E-state index contributed by atoms with van der Waals surface area (Å²) >= 11 is 1.33. The van der Waals surface area contributed by atoms with Crippen LogP contribution in [0.15, 0.2) is 41.5 Å². The molecule has 1 N–H and O–H groups in total. The summed E-state index contributed by atoms with van der Waals surface area (Å²) in [6.07, 6.45) is 2.98. The second-order valence-corrected chi connectivity index (χ2v) is 6.88. The Hall–Kier alpha value is -3.47. The molecule has 0 aliphatic rings. The maximum absolute atomic E-state index is 13.1. The van der Waals surface area contributed by atoms with E-state index in [-0.39, 0.29) is 23.4 Å². The molecule has 1 aromatic carbocycles. The fraction of sp³-hybridized carbons (Fsp3) is 0.125. The van der Waals surface area contributed by atoms with Crippen molar-refractivity contribution in [3.05, 3.63) is 57.7 Å². The summed E-state index contributed by atoms with van der Waals surface area (Å²) in [7, 11) is 0. The van der Waals surface area contributed by atoms with Gasteiger partial charge in [-0.1, -0.05) is 5.21 Å². The molecule has 0 fully saturated rings. The summed E-state index contributed by atoms with van der Waals surface area (Å²) in [6.45, 7) is 1.57. The van der Waals surface area contributed by atoms with E-state index in [0.29, 0.717) is 10.8 Å². The van der Waals surface area contributed by atoms with Crippen molar-refractivity contribution in [2.45, 2.75) is 13.5 Å². The van der Waals surface area contributed by atoms with E-state index in [4.69, 9.17) is 0 Å². The molecule has 27 heavy (non-hydrogen) atoms. The Morgan fingerprint density at radius 2 is 2.04 bits per heavy atom. The Balaban J connectivity index is 1.62. The van der Waals surface area contributed by atoms with Gasteiger partial charge in [0.05, 0.1) is 11.9 Å². The van der Waals surface area contributed by atoms with Gasteiger partial charge in [-0.2, -0.15) is 5.10 Å². The first-order chi connectivity index (χ1) is 13.0. The molecule has 0 saturated carbocycles. The summed E-state index contributed by atoms with van der Waals surface area (Å²) in [5.41, 5.74) is 0.257. The number of nitrogens with zero attached hydrogens (tertiary/aromatic N) is 6. The minimum absolute atomic E-state index is 0.201. The number of aryl methyl sites for hydroxylation is 1. The monoisotopic (exact) mass is 385 g/mol. The highest BCUT2D eigenvalue weighted by atomic mass is 32.1. The number of carbonyl (C=O) groups is 1. The molecular weight excluding hydrogens is 373 g/mol. The van der Waals surface area contributed by atoms with Crippen LogP contribution in [0.1, 0.15) is 4.88 Å². The number of aromatic nitrogens is 6. The second kappa shape index (κ2) is 6.68. The van der Waals surface area contributed by atoms with Crippen molar-refractivity contribution in [3.63, 3.8) is 0 Å². The molecular formula is C16H12FN7O2S. The fourth-order valence-electron chi connectivity index (χ4n) is 2.45. The first-order valence-electron chi connectivity index (χ1n) is 7.81. The lowest BCUT2D eigenvalue weighted by Crippen LogP contribution is -2.30. The van der Waals surface area contributed by atoms with Crippen LogP contribution in [-0.4, -0.2) is 35.7 Å². The Morgan fingerprint density at radius 1 is 1.26 bits per heavy atom. The van der Waals surface area contributed by atoms with Crippen molar-refractivity contribution in [2.24, 2.45) is 0 Å². The minimum atomic E-state index is -0.501. The summed E-state index contributed by atoms with van der Waals surface area (Å²) in [6, 6.07) is 5.58. The molecule has 11 heteroatoms. The number of rotatable bonds is 4. The topological polar surface area (TPSA) is 108 Å². The SMILES string of the molecule is Cc1cnc(NC(=O)Cn2nnc3c(cnn3-c3ccc(F)cc3)c2=O)s1. The van der Waals surface area contributed by atoms with Gasteiger partial charge in [-0.15, -0.1) is 16.4 Å². The van der Waals surface area contributed by atoms with Crippen LogP contribution in [0.5, 0.6) is 0 Å². The quantitative estimate of drug-likeness (QED) is 0.571. The van der Waals surface area contributed by atoms with E-state index < -0.39 is 11.5 Å². The molecule has 4 rings (SSSR count). The standard InChI is InChI=1S/C16H12FN7O2S/c1-9-6-18-16(27-9)20-13(25)8-23-15(26)12-7-19-24(14(12)21-22-23)11-4-2-10(17)3-5-11/h2-7H,8H2,1H3,(H,18,20,25). The average molecular weight is 385 g/mol. The average Bonchev–Trinajstić information content (AvgIpc) is 3.25.